The number of unbranched alkanes of at least 4 members (excludes halogenated alkanes) is 4. The number of carboxylic acid groups (broad SMARTS) is 1. The molecule has 3 nitrogen and oxygen atoms in total. The maximum Gasteiger partial charge on any atom is 0.303 e. The molecular weight excluding hydrogens is 288 g/mol. The van der Waals surface area contributed by atoms with Gasteiger partial charge in [-0.05, 0) is 43.8 Å². The van der Waals surface area contributed by atoms with Crippen LogP contribution < -0.4 is 0 Å². The fraction of sp³-hybridized carbons (Fsp3) is 0.500. The monoisotopic (exact) mass is 316 g/mol. The lowest BCUT2D eigenvalue weighted by atomic mass is 9.96. The van der Waals surface area contributed by atoms with Crippen LogP contribution in [0.5, 0.6) is 0 Å². The Morgan fingerprint density at radius 3 is 2.65 bits per heavy atom. The van der Waals surface area contributed by atoms with E-state index in [4.69, 9.17) is 5.11 Å². The molecule has 0 saturated heterocycles. The molecule has 23 heavy (non-hydrogen) atoms. The molecule has 126 valence electrons. The lowest BCUT2D eigenvalue weighted by molar-refractivity contribution is -0.137. The van der Waals surface area contributed by atoms with Gasteiger partial charge in [0.25, 0.3) is 0 Å². The van der Waals surface area contributed by atoms with Crippen molar-refractivity contribution in [3.05, 3.63) is 48.1 Å². The van der Waals surface area contributed by atoms with E-state index in [0.717, 1.165) is 18.4 Å². The van der Waals surface area contributed by atoms with Gasteiger partial charge in [0, 0.05) is 6.42 Å². The standard InChI is InChI=1S/C20H28O3/c1-2-3-4-5-6-9-12-17-15-16-19(21)18(17)13-10-7-8-11-14-20(22)23/h6-7,9-10,12,15-16,18H,2-5,8,11,13-14H2,1H3,(H,22,23)/b9-6+,10-7+,17-12+/t18-/m1/s1. The SMILES string of the molecule is CCCCC/C=C/C=C1\C=CC(=O)[C@@H]1C/C=C/CCCC(=O)O. The number of rotatable bonds is 11. The average Bonchev–Trinajstić information content (AvgIpc) is 2.86. The summed E-state index contributed by atoms with van der Waals surface area (Å²) < 4.78 is 0. The molecule has 0 unspecified atom stereocenters. The van der Waals surface area contributed by atoms with Gasteiger partial charge in [-0.15, -0.1) is 0 Å². The Kier molecular flexibility index (Phi) is 9.69. The van der Waals surface area contributed by atoms with Crippen molar-refractivity contribution in [2.45, 2.75) is 58.3 Å². The van der Waals surface area contributed by atoms with Crippen LogP contribution >= 0.6 is 0 Å². The molecular formula is C20H28O3. The zero-order chi connectivity index (χ0) is 16.9. The predicted octanol–water partition coefficient (Wildman–Crippen LogP) is 5.01. The topological polar surface area (TPSA) is 54.4 Å². The van der Waals surface area contributed by atoms with E-state index in [2.05, 4.69) is 19.1 Å². The second-order valence-electron chi connectivity index (χ2n) is 5.87. The van der Waals surface area contributed by atoms with Crippen molar-refractivity contribution in [2.24, 2.45) is 5.92 Å². The van der Waals surface area contributed by atoms with E-state index in [1.165, 1.54) is 19.3 Å². The molecule has 0 radical (unpaired) electrons. The van der Waals surface area contributed by atoms with Crippen molar-refractivity contribution < 1.29 is 14.7 Å². The Morgan fingerprint density at radius 1 is 1.13 bits per heavy atom. The maximum absolute atomic E-state index is 11.9. The first-order valence-electron chi connectivity index (χ1n) is 8.60. The molecule has 1 atom stereocenters. The fourth-order valence-corrected chi connectivity index (χ4v) is 2.51. The maximum atomic E-state index is 11.9. The highest BCUT2D eigenvalue weighted by atomic mass is 16.4. The number of carbonyl (C=O) groups excluding carboxylic acids is 1. The highest BCUT2D eigenvalue weighted by Crippen LogP contribution is 2.25. The Morgan fingerprint density at radius 2 is 1.91 bits per heavy atom. The lowest BCUT2D eigenvalue weighted by Gasteiger charge is -2.07. The summed E-state index contributed by atoms with van der Waals surface area (Å²) in [6.07, 6.45) is 20.9. The predicted molar refractivity (Wildman–Crippen MR) is 94.2 cm³/mol. The number of allylic oxidation sites excluding steroid dienone is 8. The third-order valence-corrected chi connectivity index (χ3v) is 3.88. The number of ketones is 1. The van der Waals surface area contributed by atoms with Crippen LogP contribution in [0.3, 0.4) is 0 Å². The van der Waals surface area contributed by atoms with Crippen LogP contribution in [-0.2, 0) is 9.59 Å². The number of carbonyl (C=O) groups is 2. The van der Waals surface area contributed by atoms with E-state index in [9.17, 15) is 9.59 Å². The first-order valence-corrected chi connectivity index (χ1v) is 8.60. The van der Waals surface area contributed by atoms with Crippen molar-refractivity contribution in [1.29, 1.82) is 0 Å². The molecule has 0 aromatic carbocycles. The first kappa shape index (κ1) is 19.1. The minimum atomic E-state index is -0.760. The Labute approximate surface area is 139 Å². The fourth-order valence-electron chi connectivity index (χ4n) is 2.51. The number of hydrogen-bond donors (Lipinski definition) is 1. The van der Waals surface area contributed by atoms with Crippen molar-refractivity contribution in [3.8, 4) is 0 Å². The smallest absolute Gasteiger partial charge is 0.303 e. The summed E-state index contributed by atoms with van der Waals surface area (Å²) in [5.41, 5.74) is 1.07. The van der Waals surface area contributed by atoms with Crippen molar-refractivity contribution >= 4 is 11.8 Å². The number of carboxylic acids is 1. The van der Waals surface area contributed by atoms with Crippen LogP contribution in [0.25, 0.3) is 0 Å². The molecule has 0 spiro atoms. The van der Waals surface area contributed by atoms with Gasteiger partial charge in [0.1, 0.15) is 0 Å². The van der Waals surface area contributed by atoms with Crippen LogP contribution in [0, 0.1) is 5.92 Å². The molecule has 0 fully saturated rings. The van der Waals surface area contributed by atoms with Gasteiger partial charge < -0.3 is 5.11 Å². The highest BCUT2D eigenvalue weighted by Gasteiger charge is 2.22. The summed E-state index contributed by atoms with van der Waals surface area (Å²) in [4.78, 5) is 22.3. The third kappa shape index (κ3) is 8.34. The van der Waals surface area contributed by atoms with E-state index in [0.29, 0.717) is 12.8 Å². The summed E-state index contributed by atoms with van der Waals surface area (Å²) in [5.74, 6) is -0.679. The molecule has 0 amide bonds. The second kappa shape index (κ2) is 11.6. The molecule has 0 aromatic rings. The molecule has 3 heteroatoms. The van der Waals surface area contributed by atoms with Gasteiger partial charge in [-0.25, -0.2) is 0 Å². The van der Waals surface area contributed by atoms with Gasteiger partial charge in [-0.3, -0.25) is 9.59 Å². The molecule has 0 bridgehead atoms. The molecule has 0 aromatic heterocycles. The summed E-state index contributed by atoms with van der Waals surface area (Å²) in [7, 11) is 0. The van der Waals surface area contributed by atoms with E-state index >= 15 is 0 Å². The van der Waals surface area contributed by atoms with Crippen molar-refractivity contribution in [1.82, 2.24) is 0 Å². The number of aliphatic carboxylic acids is 1. The zero-order valence-electron chi connectivity index (χ0n) is 14.0. The van der Waals surface area contributed by atoms with Crippen molar-refractivity contribution in [2.75, 3.05) is 0 Å². The largest absolute Gasteiger partial charge is 0.481 e. The Hall–Kier alpha value is -1.90. The zero-order valence-corrected chi connectivity index (χ0v) is 14.0. The molecule has 0 aliphatic heterocycles. The van der Waals surface area contributed by atoms with Crippen molar-refractivity contribution in [3.63, 3.8) is 0 Å². The highest BCUT2D eigenvalue weighted by molar-refractivity contribution is 5.98. The average molecular weight is 316 g/mol. The molecule has 1 N–H and O–H groups in total. The molecule has 0 saturated carbocycles. The van der Waals surface area contributed by atoms with Gasteiger partial charge in [-0.2, -0.15) is 0 Å². The Balaban J connectivity index is 2.38. The Bertz CT molecular complexity index is 495. The van der Waals surface area contributed by atoms with E-state index < -0.39 is 5.97 Å². The minimum absolute atomic E-state index is 0.0778. The molecule has 1 aliphatic rings. The quantitative estimate of drug-likeness (QED) is 0.431. The van der Waals surface area contributed by atoms with Crippen LogP contribution in [-0.4, -0.2) is 16.9 Å². The number of hydrogen-bond acceptors (Lipinski definition) is 2. The van der Waals surface area contributed by atoms with E-state index in [1.807, 2.05) is 24.3 Å². The van der Waals surface area contributed by atoms with Crippen LogP contribution in [0.1, 0.15) is 58.3 Å². The molecule has 1 rings (SSSR count). The summed E-state index contributed by atoms with van der Waals surface area (Å²) in [6.45, 7) is 2.19. The minimum Gasteiger partial charge on any atom is -0.481 e. The van der Waals surface area contributed by atoms with Crippen LogP contribution in [0.4, 0.5) is 0 Å². The molecule has 1 aliphatic carbocycles. The van der Waals surface area contributed by atoms with Gasteiger partial charge in [0.2, 0.25) is 0 Å². The lowest BCUT2D eigenvalue weighted by Crippen LogP contribution is -2.07. The summed E-state index contributed by atoms with van der Waals surface area (Å²) in [5, 5.41) is 8.57. The second-order valence-corrected chi connectivity index (χ2v) is 5.87. The summed E-state index contributed by atoms with van der Waals surface area (Å²) >= 11 is 0. The normalized spacial score (nSPS) is 19.6. The molecule has 0 heterocycles. The van der Waals surface area contributed by atoms with E-state index in [-0.39, 0.29) is 18.1 Å². The summed E-state index contributed by atoms with van der Waals surface area (Å²) in [6, 6.07) is 0. The third-order valence-electron chi connectivity index (χ3n) is 3.88. The van der Waals surface area contributed by atoms with Gasteiger partial charge in [-0.1, -0.05) is 56.2 Å². The van der Waals surface area contributed by atoms with E-state index in [1.54, 1.807) is 6.08 Å². The van der Waals surface area contributed by atoms with Gasteiger partial charge in [0.05, 0.1) is 5.92 Å². The first-order chi connectivity index (χ1) is 11.1. The van der Waals surface area contributed by atoms with Gasteiger partial charge >= 0.3 is 5.97 Å². The van der Waals surface area contributed by atoms with Crippen LogP contribution in [0.2, 0.25) is 0 Å². The van der Waals surface area contributed by atoms with Gasteiger partial charge in [0.15, 0.2) is 5.78 Å². The van der Waals surface area contributed by atoms with Crippen LogP contribution in [0.15, 0.2) is 48.1 Å².